The monoisotopic (exact) mass is 534 g/mol. The first-order valence-electron chi connectivity index (χ1n) is 13.8. The number of ether oxygens (including phenoxy) is 1. The number of nitrogens with one attached hydrogen (secondary N) is 2. The SMILES string of the molecule is O=C(CC1(O)C/C=C/CCCC1)NCCCC[C@H](NC(=O)OCC1c2ccccc2-c2ccccc21)C(=O)O. The third kappa shape index (κ3) is 7.69. The van der Waals surface area contributed by atoms with Gasteiger partial charge < -0.3 is 25.6 Å². The molecule has 2 aliphatic carbocycles. The molecule has 2 aliphatic rings. The van der Waals surface area contributed by atoms with Crippen LogP contribution in [0.3, 0.4) is 0 Å². The van der Waals surface area contributed by atoms with Crippen molar-refractivity contribution in [2.24, 2.45) is 0 Å². The van der Waals surface area contributed by atoms with Gasteiger partial charge in [-0.25, -0.2) is 9.59 Å². The number of carbonyl (C=O) groups excluding carboxylic acids is 2. The Morgan fingerprint density at radius 2 is 1.67 bits per heavy atom. The topological polar surface area (TPSA) is 125 Å². The fourth-order valence-electron chi connectivity index (χ4n) is 5.50. The number of carboxylic acid groups (broad SMARTS) is 1. The zero-order valence-corrected chi connectivity index (χ0v) is 22.2. The first kappa shape index (κ1) is 28.4. The summed E-state index contributed by atoms with van der Waals surface area (Å²) in [6, 6.07) is 14.9. The van der Waals surface area contributed by atoms with Gasteiger partial charge in [0.2, 0.25) is 5.91 Å². The third-order valence-electron chi connectivity index (χ3n) is 7.59. The van der Waals surface area contributed by atoms with E-state index in [0.29, 0.717) is 32.2 Å². The van der Waals surface area contributed by atoms with Crippen LogP contribution in [0.2, 0.25) is 0 Å². The number of allylic oxidation sites excluding steroid dienone is 1. The van der Waals surface area contributed by atoms with Gasteiger partial charge in [0.15, 0.2) is 0 Å². The number of aliphatic carboxylic acids is 1. The molecular formula is C31H38N2O6. The second kappa shape index (κ2) is 13.4. The number of alkyl carbamates (subject to hydrolysis) is 1. The molecule has 0 aliphatic heterocycles. The van der Waals surface area contributed by atoms with Crippen LogP contribution in [0.4, 0.5) is 4.79 Å². The van der Waals surface area contributed by atoms with Crippen molar-refractivity contribution >= 4 is 18.0 Å². The molecule has 8 nitrogen and oxygen atoms in total. The molecule has 1 unspecified atom stereocenters. The van der Waals surface area contributed by atoms with Gasteiger partial charge in [-0.05, 0) is 67.2 Å². The molecule has 0 saturated carbocycles. The predicted octanol–water partition coefficient (Wildman–Crippen LogP) is 4.91. The summed E-state index contributed by atoms with van der Waals surface area (Å²) in [4.78, 5) is 36.6. The molecule has 39 heavy (non-hydrogen) atoms. The minimum atomic E-state index is -1.13. The Bertz CT molecular complexity index is 1150. The van der Waals surface area contributed by atoms with Crippen LogP contribution in [-0.4, -0.2) is 53.0 Å². The van der Waals surface area contributed by atoms with Gasteiger partial charge >= 0.3 is 12.1 Å². The van der Waals surface area contributed by atoms with Crippen molar-refractivity contribution < 1.29 is 29.3 Å². The zero-order valence-electron chi connectivity index (χ0n) is 22.2. The summed E-state index contributed by atoms with van der Waals surface area (Å²) in [6.45, 7) is 0.488. The van der Waals surface area contributed by atoms with E-state index in [4.69, 9.17) is 4.74 Å². The summed E-state index contributed by atoms with van der Waals surface area (Å²) in [5.74, 6) is -1.45. The van der Waals surface area contributed by atoms with Crippen molar-refractivity contribution in [1.29, 1.82) is 0 Å². The van der Waals surface area contributed by atoms with Crippen LogP contribution in [0, 0.1) is 0 Å². The Morgan fingerprint density at radius 3 is 2.36 bits per heavy atom. The molecule has 4 rings (SSSR count). The number of benzene rings is 2. The lowest BCUT2D eigenvalue weighted by Gasteiger charge is -2.27. The maximum absolute atomic E-state index is 12.5. The van der Waals surface area contributed by atoms with Crippen molar-refractivity contribution in [3.05, 3.63) is 71.8 Å². The molecule has 2 aromatic carbocycles. The molecule has 0 heterocycles. The van der Waals surface area contributed by atoms with Crippen LogP contribution < -0.4 is 10.6 Å². The summed E-state index contributed by atoms with van der Waals surface area (Å²) >= 11 is 0. The highest BCUT2D eigenvalue weighted by atomic mass is 16.5. The molecule has 2 amide bonds. The number of aliphatic hydroxyl groups is 1. The van der Waals surface area contributed by atoms with Crippen LogP contribution >= 0.6 is 0 Å². The molecule has 2 aromatic rings. The Morgan fingerprint density at radius 1 is 0.974 bits per heavy atom. The minimum Gasteiger partial charge on any atom is -0.480 e. The molecule has 8 heteroatoms. The molecule has 0 fully saturated rings. The van der Waals surface area contributed by atoms with Gasteiger partial charge in [-0.15, -0.1) is 0 Å². The zero-order chi connectivity index (χ0) is 27.7. The summed E-state index contributed by atoms with van der Waals surface area (Å²) in [6.07, 6.45) is 8.54. The Kier molecular flexibility index (Phi) is 9.76. The van der Waals surface area contributed by atoms with Gasteiger partial charge in [0.05, 0.1) is 12.0 Å². The highest BCUT2D eigenvalue weighted by molar-refractivity contribution is 5.81. The van der Waals surface area contributed by atoms with Crippen LogP contribution in [0.25, 0.3) is 11.1 Å². The van der Waals surface area contributed by atoms with Crippen molar-refractivity contribution in [3.63, 3.8) is 0 Å². The van der Waals surface area contributed by atoms with Crippen molar-refractivity contribution in [2.45, 2.75) is 75.3 Å². The van der Waals surface area contributed by atoms with Gasteiger partial charge in [-0.2, -0.15) is 0 Å². The molecular weight excluding hydrogens is 496 g/mol. The van der Waals surface area contributed by atoms with Gasteiger partial charge in [-0.1, -0.05) is 67.1 Å². The Labute approximate surface area is 229 Å². The smallest absolute Gasteiger partial charge is 0.407 e. The number of unbranched alkanes of at least 4 members (excludes halogenated alkanes) is 1. The highest BCUT2D eigenvalue weighted by Gasteiger charge is 2.30. The van der Waals surface area contributed by atoms with E-state index < -0.39 is 23.7 Å². The number of carboxylic acids is 1. The van der Waals surface area contributed by atoms with E-state index in [-0.39, 0.29) is 31.3 Å². The number of rotatable bonds is 11. The maximum Gasteiger partial charge on any atom is 0.407 e. The first-order valence-corrected chi connectivity index (χ1v) is 13.8. The first-order chi connectivity index (χ1) is 18.9. The summed E-state index contributed by atoms with van der Waals surface area (Å²) in [7, 11) is 0. The summed E-state index contributed by atoms with van der Waals surface area (Å²) in [5.41, 5.74) is 3.40. The Balaban J connectivity index is 1.19. The van der Waals surface area contributed by atoms with Gasteiger partial charge in [0.25, 0.3) is 0 Å². The normalized spacial score (nSPS) is 20.0. The second-order valence-corrected chi connectivity index (χ2v) is 10.5. The minimum absolute atomic E-state index is 0.0540. The van der Waals surface area contributed by atoms with E-state index >= 15 is 0 Å². The van der Waals surface area contributed by atoms with Gasteiger partial charge in [0, 0.05) is 12.5 Å². The molecule has 0 saturated heterocycles. The fourth-order valence-corrected chi connectivity index (χ4v) is 5.50. The van der Waals surface area contributed by atoms with Crippen LogP contribution in [0.5, 0.6) is 0 Å². The summed E-state index contributed by atoms with van der Waals surface area (Å²) in [5, 5.41) is 25.6. The lowest BCUT2D eigenvalue weighted by molar-refractivity contribution is -0.139. The molecule has 0 spiro atoms. The van der Waals surface area contributed by atoms with E-state index in [1.54, 1.807) is 0 Å². The number of carbonyl (C=O) groups is 3. The van der Waals surface area contributed by atoms with Gasteiger partial charge in [0.1, 0.15) is 12.6 Å². The number of hydrogen-bond donors (Lipinski definition) is 4. The van der Waals surface area contributed by atoms with E-state index in [0.717, 1.165) is 41.5 Å². The van der Waals surface area contributed by atoms with Crippen LogP contribution in [0.15, 0.2) is 60.7 Å². The average molecular weight is 535 g/mol. The maximum atomic E-state index is 12.5. The average Bonchev–Trinajstić information content (AvgIpc) is 3.22. The predicted molar refractivity (Wildman–Crippen MR) is 148 cm³/mol. The highest BCUT2D eigenvalue weighted by Crippen LogP contribution is 2.44. The number of amides is 2. The van der Waals surface area contributed by atoms with E-state index in [1.165, 1.54) is 0 Å². The molecule has 0 aromatic heterocycles. The fraction of sp³-hybridized carbons (Fsp3) is 0.452. The van der Waals surface area contributed by atoms with Crippen LogP contribution in [0.1, 0.15) is 74.8 Å². The van der Waals surface area contributed by atoms with Crippen molar-refractivity contribution in [2.75, 3.05) is 13.2 Å². The quantitative estimate of drug-likeness (QED) is 0.240. The second-order valence-electron chi connectivity index (χ2n) is 10.5. The van der Waals surface area contributed by atoms with E-state index in [1.807, 2.05) is 42.5 Å². The standard InChI is InChI=1S/C31H38N2O6/c34-28(20-31(38)17-9-2-1-3-10-18-31)32-19-11-8-16-27(29(35)36)33-30(37)39-21-26-24-14-6-4-12-22(24)23-13-5-7-15-25(23)26/h2,4-7,9,12-15,26-27,38H,1,3,8,10-11,16-21H2,(H,32,34)(H,33,37)(H,35,36)/b9-2+/t27-,31?/m0/s1. The lowest BCUT2D eigenvalue weighted by Crippen LogP contribution is -2.41. The molecule has 0 bridgehead atoms. The van der Waals surface area contributed by atoms with Crippen LogP contribution in [-0.2, 0) is 14.3 Å². The Hall–Kier alpha value is -3.65. The van der Waals surface area contributed by atoms with Crippen molar-refractivity contribution in [1.82, 2.24) is 10.6 Å². The molecule has 0 radical (unpaired) electrons. The van der Waals surface area contributed by atoms with E-state index in [9.17, 15) is 24.6 Å². The molecule has 4 N–H and O–H groups in total. The largest absolute Gasteiger partial charge is 0.480 e. The lowest BCUT2D eigenvalue weighted by atomic mass is 9.87. The van der Waals surface area contributed by atoms with Crippen molar-refractivity contribution in [3.8, 4) is 11.1 Å². The molecule has 2 atom stereocenters. The molecule has 208 valence electrons. The number of fused-ring (bicyclic) bond motifs is 3. The van der Waals surface area contributed by atoms with Gasteiger partial charge in [-0.3, -0.25) is 4.79 Å². The number of hydrogen-bond acceptors (Lipinski definition) is 5. The van der Waals surface area contributed by atoms with E-state index in [2.05, 4.69) is 28.8 Å². The summed E-state index contributed by atoms with van der Waals surface area (Å²) < 4.78 is 5.48. The third-order valence-corrected chi connectivity index (χ3v) is 7.59.